The third-order valence-corrected chi connectivity index (χ3v) is 3.67. The highest BCUT2D eigenvalue weighted by atomic mass is 127. The third kappa shape index (κ3) is 1.35. The molecule has 0 N–H and O–H groups in total. The molecule has 0 saturated carbocycles. The Labute approximate surface area is 93.4 Å². The molecule has 2 rings (SSSR count). The molecule has 0 heterocycles. The number of hydrogen-bond acceptors (Lipinski definition) is 0. The molecule has 0 spiro atoms. The van der Waals surface area contributed by atoms with Gasteiger partial charge in [-0.1, -0.05) is 81.6 Å². The third-order valence-electron chi connectivity index (χ3n) is 1.79. The molecular weight excluding hydrogens is 362 g/mol. The first kappa shape index (κ1) is 8.04. The molecule has 0 aromatic heterocycles. The Kier molecular flexibility index (Phi) is 1.99. The summed E-state index contributed by atoms with van der Waals surface area (Å²) in [6, 6.07) is 8.52. The zero-order valence-corrected chi connectivity index (χ0v) is 10.0. The van der Waals surface area contributed by atoms with E-state index in [9.17, 15) is 0 Å². The molecule has 0 nitrogen and oxygen atoms in total. The van der Waals surface area contributed by atoms with Crippen LogP contribution in [0.15, 0.2) is 30.3 Å². The fourth-order valence-electron chi connectivity index (χ4n) is 1.23. The summed E-state index contributed by atoms with van der Waals surface area (Å²) in [5.41, 5.74) is 2.78. The molecule has 0 amide bonds. The van der Waals surface area contributed by atoms with Crippen LogP contribution in [0, 0.1) is 0 Å². The lowest BCUT2D eigenvalue weighted by molar-refractivity contribution is 1.28. The Morgan fingerprint density at radius 1 is 1.09 bits per heavy atom. The summed E-state index contributed by atoms with van der Waals surface area (Å²) in [6.07, 6.45) is 4.42. The summed E-state index contributed by atoms with van der Waals surface area (Å²) in [5.74, 6) is 0. The first-order valence-corrected chi connectivity index (χ1v) is 5.52. The highest BCUT2D eigenvalue weighted by Gasteiger charge is 2.27. The van der Waals surface area contributed by atoms with Crippen LogP contribution in [0.2, 0.25) is 0 Å². The number of hydrogen-bond donors (Lipinski definition) is 0. The molecule has 0 aliphatic heterocycles. The minimum Gasteiger partial charge on any atom is -0.0619 e. The van der Waals surface area contributed by atoms with Gasteiger partial charge in [-0.25, -0.2) is 0 Å². The van der Waals surface area contributed by atoms with E-state index in [1.807, 2.05) is 0 Å². The fraction of sp³-hybridized carbons (Fsp3) is 0.111. The maximum absolute atomic E-state index is 2.46. The van der Waals surface area contributed by atoms with Crippen LogP contribution in [-0.2, 0) is 1.43 Å². The van der Waals surface area contributed by atoms with Crippen LogP contribution >= 0.6 is 45.2 Å². The second-order valence-electron chi connectivity index (χ2n) is 2.54. The van der Waals surface area contributed by atoms with E-state index in [1.54, 1.807) is 0 Å². The van der Waals surface area contributed by atoms with E-state index in [0.717, 1.165) is 0 Å². The van der Waals surface area contributed by atoms with E-state index in [4.69, 9.17) is 0 Å². The summed E-state index contributed by atoms with van der Waals surface area (Å²) < 4.78 is 0.187. The Morgan fingerprint density at radius 3 is 2.55 bits per heavy atom. The van der Waals surface area contributed by atoms with E-state index in [2.05, 4.69) is 81.6 Å². The Bertz CT molecular complexity index is 313. The zero-order chi connectivity index (χ0) is 7.90. The summed E-state index contributed by atoms with van der Waals surface area (Å²) in [7, 11) is 0. The van der Waals surface area contributed by atoms with E-state index >= 15 is 0 Å². The van der Waals surface area contributed by atoms with E-state index in [-0.39, 0.29) is 1.43 Å². The molecule has 2 heteroatoms. The highest BCUT2D eigenvalue weighted by molar-refractivity contribution is 14.2. The molecule has 1 aliphatic rings. The van der Waals surface area contributed by atoms with Gasteiger partial charge in [0.25, 0.3) is 0 Å². The van der Waals surface area contributed by atoms with Crippen molar-refractivity contribution >= 4 is 51.3 Å². The van der Waals surface area contributed by atoms with Crippen molar-refractivity contribution in [3.63, 3.8) is 0 Å². The van der Waals surface area contributed by atoms with Crippen molar-refractivity contribution in [1.29, 1.82) is 0 Å². The molecule has 0 unspecified atom stereocenters. The van der Waals surface area contributed by atoms with Gasteiger partial charge in [0.05, 0.1) is 0 Å². The Morgan fingerprint density at radius 2 is 1.82 bits per heavy atom. The Balaban J connectivity index is 2.64. The summed E-state index contributed by atoms with van der Waals surface area (Å²) >= 11 is 4.91. The number of benzene rings is 1. The number of halogens is 2. The van der Waals surface area contributed by atoms with Crippen molar-refractivity contribution < 1.29 is 0 Å². The molecule has 0 saturated heterocycles. The molecule has 1 aromatic rings. The largest absolute Gasteiger partial charge is 0.117 e. The van der Waals surface area contributed by atoms with Crippen LogP contribution in [0.5, 0.6) is 0 Å². The number of allylic oxidation sites excluding steroid dienone is 1. The molecule has 0 radical (unpaired) electrons. The van der Waals surface area contributed by atoms with Gasteiger partial charge in [0.1, 0.15) is 1.43 Å². The number of rotatable bonds is 0. The van der Waals surface area contributed by atoms with Gasteiger partial charge in [0, 0.05) is 0 Å². The summed E-state index contributed by atoms with van der Waals surface area (Å²) in [5, 5.41) is 0. The second kappa shape index (κ2) is 2.73. The van der Waals surface area contributed by atoms with Gasteiger partial charge in [0.15, 0.2) is 0 Å². The van der Waals surface area contributed by atoms with Crippen molar-refractivity contribution in [2.24, 2.45) is 0 Å². The average molecular weight is 368 g/mol. The van der Waals surface area contributed by atoms with E-state index < -0.39 is 0 Å². The molecule has 0 atom stereocenters. The SMILES string of the molecule is IC1(I)C=Cc2ccccc21. The second-order valence-corrected chi connectivity index (χ2v) is 8.01. The maximum atomic E-state index is 2.46. The predicted octanol–water partition coefficient (Wildman–Crippen LogP) is 3.74. The zero-order valence-electron chi connectivity index (χ0n) is 5.72. The smallest absolute Gasteiger partial charge is 0.0619 e. The van der Waals surface area contributed by atoms with Gasteiger partial charge >= 0.3 is 0 Å². The van der Waals surface area contributed by atoms with Crippen LogP contribution in [0.4, 0.5) is 0 Å². The molecule has 0 bridgehead atoms. The number of fused-ring (bicyclic) bond motifs is 1. The monoisotopic (exact) mass is 368 g/mol. The van der Waals surface area contributed by atoms with Crippen molar-refractivity contribution in [1.82, 2.24) is 0 Å². The van der Waals surface area contributed by atoms with Gasteiger partial charge in [0.2, 0.25) is 0 Å². The van der Waals surface area contributed by atoms with Crippen LogP contribution in [-0.4, -0.2) is 0 Å². The quantitative estimate of drug-likeness (QED) is 0.484. The number of alkyl halides is 2. The van der Waals surface area contributed by atoms with Gasteiger partial charge in [-0.2, -0.15) is 0 Å². The first-order valence-electron chi connectivity index (χ1n) is 3.37. The van der Waals surface area contributed by atoms with Crippen molar-refractivity contribution in [3.05, 3.63) is 41.5 Å². The van der Waals surface area contributed by atoms with Gasteiger partial charge < -0.3 is 0 Å². The molecular formula is C9H6I2. The lowest BCUT2D eigenvalue weighted by Gasteiger charge is -2.12. The van der Waals surface area contributed by atoms with Crippen molar-refractivity contribution in [2.75, 3.05) is 0 Å². The van der Waals surface area contributed by atoms with Crippen LogP contribution in [0.1, 0.15) is 11.1 Å². The van der Waals surface area contributed by atoms with Gasteiger partial charge in [-0.3, -0.25) is 0 Å². The summed E-state index contributed by atoms with van der Waals surface area (Å²) in [4.78, 5) is 0. The summed E-state index contributed by atoms with van der Waals surface area (Å²) in [6.45, 7) is 0. The normalized spacial score (nSPS) is 18.4. The average Bonchev–Trinajstić information content (AvgIpc) is 2.29. The minimum absolute atomic E-state index is 0.187. The lowest BCUT2D eigenvalue weighted by Crippen LogP contribution is -1.99. The minimum atomic E-state index is 0.187. The predicted molar refractivity (Wildman–Crippen MR) is 65.2 cm³/mol. The first-order chi connectivity index (χ1) is 5.20. The van der Waals surface area contributed by atoms with Crippen LogP contribution in [0.25, 0.3) is 6.08 Å². The fourth-order valence-corrected chi connectivity index (χ4v) is 2.57. The van der Waals surface area contributed by atoms with E-state index in [1.165, 1.54) is 11.1 Å². The van der Waals surface area contributed by atoms with Gasteiger partial charge in [-0.15, -0.1) is 0 Å². The molecule has 1 aromatic carbocycles. The molecule has 11 heavy (non-hydrogen) atoms. The molecule has 1 aliphatic carbocycles. The maximum Gasteiger partial charge on any atom is 0.117 e. The van der Waals surface area contributed by atoms with E-state index in [0.29, 0.717) is 0 Å². The van der Waals surface area contributed by atoms with Crippen LogP contribution in [0.3, 0.4) is 0 Å². The molecule has 56 valence electrons. The van der Waals surface area contributed by atoms with Crippen molar-refractivity contribution in [2.45, 2.75) is 1.43 Å². The van der Waals surface area contributed by atoms with Gasteiger partial charge in [-0.05, 0) is 11.1 Å². The van der Waals surface area contributed by atoms with Crippen LogP contribution < -0.4 is 0 Å². The standard InChI is InChI=1S/C9H6I2/c10-9(11)6-5-7-3-1-2-4-8(7)9/h1-6H. The Hall–Kier alpha value is 0.420. The molecule has 0 fully saturated rings. The van der Waals surface area contributed by atoms with Crippen molar-refractivity contribution in [3.8, 4) is 0 Å². The topological polar surface area (TPSA) is 0 Å². The lowest BCUT2D eigenvalue weighted by atomic mass is 10.1. The highest BCUT2D eigenvalue weighted by Crippen LogP contribution is 2.46.